The molecule has 0 aliphatic heterocycles. The van der Waals surface area contributed by atoms with Crippen LogP contribution in [0.1, 0.15) is 34.6 Å². The molecule has 1 atom stereocenters. The summed E-state index contributed by atoms with van der Waals surface area (Å²) in [7, 11) is 0. The van der Waals surface area contributed by atoms with Gasteiger partial charge in [0.15, 0.2) is 0 Å². The molecule has 4 nitrogen and oxygen atoms in total. The maximum atomic E-state index is 9.69. The fourth-order valence-electron chi connectivity index (χ4n) is 1.45. The molecule has 0 aromatic rings. The summed E-state index contributed by atoms with van der Waals surface area (Å²) in [4.78, 5) is 2.35. The first-order valence-corrected chi connectivity index (χ1v) is 6.64. The number of hydrogen-bond donors (Lipinski definition) is 2. The van der Waals surface area contributed by atoms with Crippen molar-refractivity contribution in [1.29, 1.82) is 0 Å². The Morgan fingerprint density at radius 3 is 2.29 bits per heavy atom. The molecule has 0 aromatic carbocycles. The Morgan fingerprint density at radius 1 is 1.24 bits per heavy atom. The zero-order chi connectivity index (χ0) is 13.3. The van der Waals surface area contributed by atoms with Crippen molar-refractivity contribution in [3.8, 4) is 0 Å². The van der Waals surface area contributed by atoms with Crippen LogP contribution in [0.3, 0.4) is 0 Å². The molecule has 0 saturated carbocycles. The molecule has 104 valence electrons. The molecule has 0 saturated heterocycles. The molecule has 0 aromatic heterocycles. The number of rotatable bonds is 9. The summed E-state index contributed by atoms with van der Waals surface area (Å²) in [6.45, 7) is 15.4. The fraction of sp³-hybridized carbons (Fsp3) is 1.00. The van der Waals surface area contributed by atoms with Crippen LogP contribution >= 0.6 is 0 Å². The molecular formula is C13H30N2O2. The van der Waals surface area contributed by atoms with Gasteiger partial charge in [-0.2, -0.15) is 0 Å². The quantitative estimate of drug-likeness (QED) is 0.598. The lowest BCUT2D eigenvalue weighted by Gasteiger charge is -2.22. The van der Waals surface area contributed by atoms with E-state index in [0.29, 0.717) is 13.2 Å². The third-order valence-electron chi connectivity index (χ3n) is 2.59. The van der Waals surface area contributed by atoms with Crippen LogP contribution in [0.25, 0.3) is 0 Å². The molecule has 0 spiro atoms. The van der Waals surface area contributed by atoms with Crippen LogP contribution in [0.5, 0.6) is 0 Å². The van der Waals surface area contributed by atoms with Crippen molar-refractivity contribution >= 4 is 0 Å². The Hall–Kier alpha value is -0.160. The lowest BCUT2D eigenvalue weighted by atomic mass is 10.2. The third-order valence-corrected chi connectivity index (χ3v) is 2.59. The minimum absolute atomic E-state index is 0.178. The average molecular weight is 246 g/mol. The minimum atomic E-state index is -0.425. The fourth-order valence-corrected chi connectivity index (χ4v) is 1.45. The van der Waals surface area contributed by atoms with Gasteiger partial charge in [-0.05, 0) is 33.9 Å². The van der Waals surface area contributed by atoms with Gasteiger partial charge in [0.1, 0.15) is 0 Å². The van der Waals surface area contributed by atoms with E-state index in [2.05, 4.69) is 24.1 Å². The highest BCUT2D eigenvalue weighted by molar-refractivity contribution is 4.65. The van der Waals surface area contributed by atoms with Crippen LogP contribution in [-0.4, -0.2) is 61.0 Å². The lowest BCUT2D eigenvalue weighted by molar-refractivity contribution is -0.0478. The first kappa shape index (κ1) is 16.8. The van der Waals surface area contributed by atoms with E-state index >= 15 is 0 Å². The normalized spacial score (nSPS) is 14.3. The van der Waals surface area contributed by atoms with Crippen molar-refractivity contribution < 1.29 is 9.84 Å². The van der Waals surface area contributed by atoms with Gasteiger partial charge in [0, 0.05) is 19.6 Å². The molecule has 2 N–H and O–H groups in total. The predicted molar refractivity (Wildman–Crippen MR) is 72.4 cm³/mol. The van der Waals surface area contributed by atoms with Gasteiger partial charge < -0.3 is 20.1 Å². The first-order valence-electron chi connectivity index (χ1n) is 6.64. The van der Waals surface area contributed by atoms with Gasteiger partial charge in [0.2, 0.25) is 0 Å². The predicted octanol–water partition coefficient (Wildman–Crippen LogP) is 1.09. The number of hydrogen-bond acceptors (Lipinski definition) is 4. The summed E-state index contributed by atoms with van der Waals surface area (Å²) in [5.41, 5.74) is -0.178. The Labute approximate surface area is 106 Å². The third kappa shape index (κ3) is 10.7. The van der Waals surface area contributed by atoms with Gasteiger partial charge >= 0.3 is 0 Å². The summed E-state index contributed by atoms with van der Waals surface area (Å²) in [5, 5.41) is 12.9. The largest absolute Gasteiger partial charge is 0.389 e. The molecule has 4 heteroatoms. The molecule has 0 amide bonds. The Balaban J connectivity index is 3.48. The molecule has 0 fully saturated rings. The van der Waals surface area contributed by atoms with E-state index in [1.807, 2.05) is 20.8 Å². The van der Waals surface area contributed by atoms with Crippen molar-refractivity contribution in [2.45, 2.75) is 46.3 Å². The molecular weight excluding hydrogens is 216 g/mol. The SMILES string of the molecule is CCN(CC)CCNCC(O)COC(C)(C)C. The van der Waals surface area contributed by atoms with Gasteiger partial charge in [-0.1, -0.05) is 13.8 Å². The molecule has 0 aliphatic carbocycles. The molecule has 17 heavy (non-hydrogen) atoms. The first-order chi connectivity index (χ1) is 7.89. The van der Waals surface area contributed by atoms with Crippen LogP contribution < -0.4 is 5.32 Å². The summed E-state index contributed by atoms with van der Waals surface area (Å²) in [5.74, 6) is 0. The summed E-state index contributed by atoms with van der Waals surface area (Å²) in [6, 6.07) is 0. The van der Waals surface area contributed by atoms with Gasteiger partial charge in [0.05, 0.1) is 18.3 Å². The van der Waals surface area contributed by atoms with Gasteiger partial charge in [-0.25, -0.2) is 0 Å². The Kier molecular flexibility index (Phi) is 8.78. The number of aliphatic hydroxyl groups excluding tert-OH is 1. The summed E-state index contributed by atoms with van der Waals surface area (Å²) in [6.07, 6.45) is -0.425. The van der Waals surface area contributed by atoms with E-state index in [0.717, 1.165) is 26.2 Å². The number of ether oxygens (including phenoxy) is 1. The molecule has 1 unspecified atom stereocenters. The molecule has 0 bridgehead atoms. The Morgan fingerprint density at radius 2 is 1.82 bits per heavy atom. The Bertz CT molecular complexity index is 177. The lowest BCUT2D eigenvalue weighted by Crippen LogP contribution is -2.37. The topological polar surface area (TPSA) is 44.7 Å². The highest BCUT2D eigenvalue weighted by Crippen LogP contribution is 2.06. The summed E-state index contributed by atoms with van der Waals surface area (Å²) < 4.78 is 5.51. The van der Waals surface area contributed by atoms with Gasteiger partial charge in [-0.3, -0.25) is 0 Å². The smallest absolute Gasteiger partial charge is 0.0897 e. The standard InChI is InChI=1S/C13H30N2O2/c1-6-15(7-2)9-8-14-10-12(16)11-17-13(3,4)5/h12,14,16H,6-11H2,1-5H3. The van der Waals surface area contributed by atoms with Crippen molar-refractivity contribution in [2.24, 2.45) is 0 Å². The highest BCUT2D eigenvalue weighted by Gasteiger charge is 2.13. The zero-order valence-corrected chi connectivity index (χ0v) is 12.1. The number of nitrogens with zero attached hydrogens (tertiary/aromatic N) is 1. The van der Waals surface area contributed by atoms with Crippen LogP contribution in [-0.2, 0) is 4.74 Å². The van der Waals surface area contributed by atoms with E-state index in [4.69, 9.17) is 4.74 Å². The van der Waals surface area contributed by atoms with Gasteiger partial charge in [-0.15, -0.1) is 0 Å². The minimum Gasteiger partial charge on any atom is -0.389 e. The van der Waals surface area contributed by atoms with Crippen molar-refractivity contribution in [2.75, 3.05) is 39.3 Å². The molecule has 0 radical (unpaired) electrons. The molecule has 0 heterocycles. The second kappa shape index (κ2) is 8.86. The van der Waals surface area contributed by atoms with Crippen molar-refractivity contribution in [1.82, 2.24) is 10.2 Å². The van der Waals surface area contributed by atoms with E-state index in [1.54, 1.807) is 0 Å². The number of aliphatic hydroxyl groups is 1. The van der Waals surface area contributed by atoms with E-state index in [-0.39, 0.29) is 5.60 Å². The monoisotopic (exact) mass is 246 g/mol. The van der Waals surface area contributed by atoms with Crippen LogP contribution in [0.15, 0.2) is 0 Å². The number of likely N-dealkylation sites (N-methyl/N-ethyl adjacent to an activating group) is 1. The van der Waals surface area contributed by atoms with Crippen LogP contribution in [0, 0.1) is 0 Å². The van der Waals surface area contributed by atoms with E-state index in [9.17, 15) is 5.11 Å². The molecule has 0 rings (SSSR count). The maximum Gasteiger partial charge on any atom is 0.0897 e. The van der Waals surface area contributed by atoms with Crippen LogP contribution in [0.4, 0.5) is 0 Å². The van der Waals surface area contributed by atoms with Gasteiger partial charge in [0.25, 0.3) is 0 Å². The van der Waals surface area contributed by atoms with E-state index < -0.39 is 6.10 Å². The maximum absolute atomic E-state index is 9.69. The highest BCUT2D eigenvalue weighted by atomic mass is 16.5. The summed E-state index contributed by atoms with van der Waals surface area (Å²) >= 11 is 0. The van der Waals surface area contributed by atoms with Crippen molar-refractivity contribution in [3.63, 3.8) is 0 Å². The second-order valence-electron chi connectivity index (χ2n) is 5.31. The number of nitrogens with one attached hydrogen (secondary N) is 1. The van der Waals surface area contributed by atoms with Crippen molar-refractivity contribution in [3.05, 3.63) is 0 Å². The second-order valence-corrected chi connectivity index (χ2v) is 5.31. The van der Waals surface area contributed by atoms with Crippen LogP contribution in [0.2, 0.25) is 0 Å². The molecule has 0 aliphatic rings. The van der Waals surface area contributed by atoms with E-state index in [1.165, 1.54) is 0 Å². The average Bonchev–Trinajstić information content (AvgIpc) is 2.26. The zero-order valence-electron chi connectivity index (χ0n) is 12.1.